The molecule has 24 heavy (non-hydrogen) atoms. The molecule has 3 nitrogen and oxygen atoms in total. The van der Waals surface area contributed by atoms with Crippen molar-refractivity contribution in [2.75, 3.05) is 0 Å². The molecule has 0 fully saturated rings. The average Bonchev–Trinajstić information content (AvgIpc) is 2.62. The molecule has 4 rings (SSSR count). The van der Waals surface area contributed by atoms with Crippen molar-refractivity contribution in [3.63, 3.8) is 0 Å². The predicted octanol–water partition coefficient (Wildman–Crippen LogP) is 3.69. The fourth-order valence-corrected chi connectivity index (χ4v) is 3.89. The van der Waals surface area contributed by atoms with Crippen LogP contribution in [0.4, 0.5) is 0 Å². The van der Waals surface area contributed by atoms with Crippen LogP contribution < -0.4 is 5.32 Å². The van der Waals surface area contributed by atoms with E-state index in [4.69, 9.17) is 0 Å². The van der Waals surface area contributed by atoms with E-state index >= 15 is 0 Å². The molecular weight excluding hydrogens is 298 g/mol. The van der Waals surface area contributed by atoms with Gasteiger partial charge < -0.3 is 5.32 Å². The topological polar surface area (TPSA) is 46.2 Å². The lowest BCUT2D eigenvalue weighted by atomic mass is 9.73. The number of ketones is 1. The van der Waals surface area contributed by atoms with Gasteiger partial charge in [0.25, 0.3) is 0 Å². The Morgan fingerprint density at radius 3 is 2.04 bits per heavy atom. The highest BCUT2D eigenvalue weighted by atomic mass is 16.2. The van der Waals surface area contributed by atoms with Gasteiger partial charge in [0.05, 0.1) is 0 Å². The smallest absolute Gasteiger partial charge is 0.225 e. The predicted molar refractivity (Wildman–Crippen MR) is 92.4 cm³/mol. The monoisotopic (exact) mass is 317 g/mol. The third-order valence-electron chi connectivity index (χ3n) is 5.01. The molecule has 2 aliphatic rings. The van der Waals surface area contributed by atoms with Gasteiger partial charge in [-0.05, 0) is 23.5 Å². The van der Waals surface area contributed by atoms with Crippen LogP contribution in [0.3, 0.4) is 0 Å². The van der Waals surface area contributed by atoms with Crippen LogP contribution in [0.15, 0.2) is 71.9 Å². The maximum absolute atomic E-state index is 12.9. The first kappa shape index (κ1) is 14.9. The molecule has 1 N–H and O–H groups in total. The molecule has 2 unspecified atom stereocenters. The van der Waals surface area contributed by atoms with Crippen LogP contribution in [0.1, 0.15) is 42.2 Å². The molecule has 0 aromatic heterocycles. The molecule has 1 heterocycles. The molecule has 0 bridgehead atoms. The van der Waals surface area contributed by atoms with Crippen molar-refractivity contribution in [3.8, 4) is 0 Å². The van der Waals surface area contributed by atoms with Gasteiger partial charge >= 0.3 is 0 Å². The maximum Gasteiger partial charge on any atom is 0.225 e. The minimum atomic E-state index is -0.112. The molecule has 2 atom stereocenters. The zero-order valence-electron chi connectivity index (χ0n) is 13.4. The second-order valence-electron chi connectivity index (χ2n) is 6.55. The van der Waals surface area contributed by atoms with Gasteiger partial charge in [-0.25, -0.2) is 0 Å². The second-order valence-corrected chi connectivity index (χ2v) is 6.55. The standard InChI is InChI=1S/C21H19NO2/c23-19-12-16(14-7-3-1-4-8-14)11-18-21(19)17(13-20(24)22-18)15-9-5-2-6-10-15/h1-10,16-17H,11-13H2,(H,22,24). The lowest BCUT2D eigenvalue weighted by Gasteiger charge is -2.34. The third-order valence-corrected chi connectivity index (χ3v) is 5.01. The number of carbonyl (C=O) groups excluding carboxylic acids is 2. The zero-order chi connectivity index (χ0) is 16.5. The van der Waals surface area contributed by atoms with E-state index in [2.05, 4.69) is 17.4 Å². The summed E-state index contributed by atoms with van der Waals surface area (Å²) < 4.78 is 0. The molecule has 0 saturated heterocycles. The normalized spacial score (nSPS) is 23.7. The van der Waals surface area contributed by atoms with Gasteiger partial charge in [0, 0.05) is 30.0 Å². The number of Topliss-reactive ketones (excluding diaryl/α,β-unsaturated/α-hetero) is 1. The number of hydrogen-bond acceptors (Lipinski definition) is 2. The summed E-state index contributed by atoms with van der Waals surface area (Å²) in [6.45, 7) is 0. The van der Waals surface area contributed by atoms with Crippen molar-refractivity contribution in [2.24, 2.45) is 0 Å². The van der Waals surface area contributed by atoms with Crippen molar-refractivity contribution in [2.45, 2.75) is 31.1 Å². The van der Waals surface area contributed by atoms with Crippen LogP contribution in [0, 0.1) is 0 Å². The van der Waals surface area contributed by atoms with Gasteiger partial charge in [-0.15, -0.1) is 0 Å². The molecule has 2 aromatic carbocycles. The SMILES string of the molecule is O=C1CC(c2ccccc2)C2=C(CC(c3ccccc3)CC2=O)N1. The molecule has 2 aromatic rings. The Bertz CT molecular complexity index is 808. The van der Waals surface area contributed by atoms with Crippen molar-refractivity contribution in [1.29, 1.82) is 0 Å². The highest BCUT2D eigenvalue weighted by Crippen LogP contribution is 2.42. The second kappa shape index (κ2) is 6.08. The maximum atomic E-state index is 12.9. The quantitative estimate of drug-likeness (QED) is 0.918. The summed E-state index contributed by atoms with van der Waals surface area (Å²) in [4.78, 5) is 25.1. The van der Waals surface area contributed by atoms with E-state index in [1.807, 2.05) is 48.5 Å². The molecule has 1 amide bonds. The number of rotatable bonds is 2. The summed E-state index contributed by atoms with van der Waals surface area (Å²) in [5, 5.41) is 2.97. The van der Waals surface area contributed by atoms with Crippen LogP contribution in [0.25, 0.3) is 0 Å². The van der Waals surface area contributed by atoms with E-state index < -0.39 is 0 Å². The third kappa shape index (κ3) is 2.67. The summed E-state index contributed by atoms with van der Waals surface area (Å²) in [6, 6.07) is 20.0. The summed E-state index contributed by atoms with van der Waals surface area (Å²) in [7, 11) is 0. The van der Waals surface area contributed by atoms with Gasteiger partial charge in [0.15, 0.2) is 5.78 Å². The van der Waals surface area contributed by atoms with Crippen molar-refractivity contribution < 1.29 is 9.59 Å². The molecule has 0 spiro atoms. The molecule has 1 aliphatic heterocycles. The van der Waals surface area contributed by atoms with Crippen molar-refractivity contribution in [3.05, 3.63) is 83.1 Å². The Hall–Kier alpha value is -2.68. The Labute approximate surface area is 141 Å². The lowest BCUT2D eigenvalue weighted by Crippen LogP contribution is -2.38. The van der Waals surface area contributed by atoms with E-state index in [-0.39, 0.29) is 23.5 Å². The van der Waals surface area contributed by atoms with E-state index in [9.17, 15) is 9.59 Å². The molecule has 120 valence electrons. The Morgan fingerprint density at radius 1 is 0.750 bits per heavy atom. The van der Waals surface area contributed by atoms with Crippen LogP contribution in [-0.2, 0) is 9.59 Å². The first-order chi connectivity index (χ1) is 11.7. The summed E-state index contributed by atoms with van der Waals surface area (Å²) in [5.41, 5.74) is 3.85. The number of amides is 1. The Balaban J connectivity index is 1.72. The van der Waals surface area contributed by atoms with Crippen LogP contribution >= 0.6 is 0 Å². The van der Waals surface area contributed by atoms with Crippen LogP contribution in [0.2, 0.25) is 0 Å². The van der Waals surface area contributed by atoms with E-state index in [1.54, 1.807) is 0 Å². The number of allylic oxidation sites excluding steroid dienone is 2. The first-order valence-corrected chi connectivity index (χ1v) is 8.38. The molecule has 0 radical (unpaired) electrons. The highest BCUT2D eigenvalue weighted by molar-refractivity contribution is 6.02. The summed E-state index contributed by atoms with van der Waals surface area (Å²) >= 11 is 0. The minimum Gasteiger partial charge on any atom is -0.329 e. The van der Waals surface area contributed by atoms with Crippen molar-refractivity contribution >= 4 is 11.7 Å². The van der Waals surface area contributed by atoms with Crippen molar-refractivity contribution in [1.82, 2.24) is 5.32 Å². The number of benzene rings is 2. The van der Waals surface area contributed by atoms with Gasteiger partial charge in [-0.2, -0.15) is 0 Å². The number of hydrogen-bond donors (Lipinski definition) is 1. The Morgan fingerprint density at radius 2 is 1.38 bits per heavy atom. The van der Waals surface area contributed by atoms with Gasteiger partial charge in [-0.1, -0.05) is 60.7 Å². The fourth-order valence-electron chi connectivity index (χ4n) is 3.89. The average molecular weight is 317 g/mol. The zero-order valence-corrected chi connectivity index (χ0v) is 13.4. The van der Waals surface area contributed by atoms with Crippen LogP contribution in [0.5, 0.6) is 0 Å². The molecule has 0 saturated carbocycles. The first-order valence-electron chi connectivity index (χ1n) is 8.38. The lowest BCUT2D eigenvalue weighted by molar-refractivity contribution is -0.122. The van der Waals surface area contributed by atoms with E-state index in [0.29, 0.717) is 12.8 Å². The Kier molecular flexibility index (Phi) is 3.77. The van der Waals surface area contributed by atoms with Gasteiger partial charge in [-0.3, -0.25) is 9.59 Å². The van der Waals surface area contributed by atoms with Gasteiger partial charge in [0.2, 0.25) is 5.91 Å². The van der Waals surface area contributed by atoms with Gasteiger partial charge in [0.1, 0.15) is 0 Å². The molecule has 3 heteroatoms. The largest absolute Gasteiger partial charge is 0.329 e. The van der Waals surface area contributed by atoms with E-state index in [0.717, 1.165) is 28.8 Å². The summed E-state index contributed by atoms with van der Waals surface area (Å²) in [6.07, 6.45) is 1.59. The summed E-state index contributed by atoms with van der Waals surface area (Å²) in [5.74, 6) is 0.203. The highest BCUT2D eigenvalue weighted by Gasteiger charge is 2.37. The molecular formula is C21H19NO2. The van der Waals surface area contributed by atoms with Crippen LogP contribution in [-0.4, -0.2) is 11.7 Å². The fraction of sp³-hybridized carbons (Fsp3) is 0.238. The van der Waals surface area contributed by atoms with E-state index in [1.165, 1.54) is 0 Å². The minimum absolute atomic E-state index is 0.00381. The molecule has 1 aliphatic carbocycles. The number of nitrogens with one attached hydrogen (secondary N) is 1. The number of carbonyl (C=O) groups is 2.